The van der Waals surface area contributed by atoms with Crippen LogP contribution in [0.4, 0.5) is 0 Å². The molecule has 0 unspecified atom stereocenters. The Morgan fingerprint density at radius 2 is 1.93 bits per heavy atom. The second-order valence-corrected chi connectivity index (χ2v) is 4.72. The van der Waals surface area contributed by atoms with Gasteiger partial charge in [-0.3, -0.25) is 4.90 Å². The summed E-state index contributed by atoms with van der Waals surface area (Å²) in [6.07, 6.45) is 1.53. The molecule has 0 aromatic carbocycles. The van der Waals surface area contributed by atoms with E-state index in [2.05, 4.69) is 18.7 Å². The minimum absolute atomic E-state index is 0. The highest BCUT2D eigenvalue weighted by atomic mass is 35.5. The van der Waals surface area contributed by atoms with Gasteiger partial charge in [0.25, 0.3) is 0 Å². The standard InChI is InChI=1S/C10H20N2O.2ClH/c1-7(2)10-5-12-4-8(11)3-9(12)6-13-10;;/h7-10H,3-6,11H2,1-2H3;2*1H/t8-,9-,10-;;/m0../s1. The van der Waals surface area contributed by atoms with Crippen LogP contribution in [0.5, 0.6) is 0 Å². The number of halogens is 2. The normalized spacial score (nSPS) is 35.6. The van der Waals surface area contributed by atoms with Crippen LogP contribution in [-0.4, -0.2) is 42.8 Å². The number of ether oxygens (including phenoxy) is 1. The van der Waals surface area contributed by atoms with Crippen molar-refractivity contribution >= 4 is 24.8 Å². The van der Waals surface area contributed by atoms with Crippen LogP contribution in [0, 0.1) is 5.92 Å². The van der Waals surface area contributed by atoms with Crippen LogP contribution in [0.3, 0.4) is 0 Å². The van der Waals surface area contributed by atoms with Gasteiger partial charge in [-0.1, -0.05) is 13.8 Å². The molecule has 2 saturated heterocycles. The van der Waals surface area contributed by atoms with Crippen molar-refractivity contribution in [2.24, 2.45) is 11.7 Å². The molecule has 0 radical (unpaired) electrons. The third kappa shape index (κ3) is 3.46. The van der Waals surface area contributed by atoms with Gasteiger partial charge in [-0.2, -0.15) is 0 Å². The maximum Gasteiger partial charge on any atom is 0.0725 e. The van der Waals surface area contributed by atoms with Crippen LogP contribution in [0.25, 0.3) is 0 Å². The molecule has 2 aliphatic heterocycles. The zero-order valence-electron chi connectivity index (χ0n) is 9.39. The van der Waals surface area contributed by atoms with Crippen molar-refractivity contribution in [1.29, 1.82) is 0 Å². The lowest BCUT2D eigenvalue weighted by molar-refractivity contribution is -0.0683. The van der Waals surface area contributed by atoms with Crippen LogP contribution in [0.2, 0.25) is 0 Å². The van der Waals surface area contributed by atoms with Crippen molar-refractivity contribution in [3.8, 4) is 0 Å². The van der Waals surface area contributed by atoms with Crippen LogP contribution in [-0.2, 0) is 4.74 Å². The van der Waals surface area contributed by atoms with E-state index in [4.69, 9.17) is 10.5 Å². The van der Waals surface area contributed by atoms with Crippen LogP contribution in [0.15, 0.2) is 0 Å². The zero-order chi connectivity index (χ0) is 9.42. The van der Waals surface area contributed by atoms with Gasteiger partial charge >= 0.3 is 0 Å². The molecule has 0 saturated carbocycles. The number of nitrogens with zero attached hydrogens (tertiary/aromatic N) is 1. The largest absolute Gasteiger partial charge is 0.375 e. The van der Waals surface area contributed by atoms with Gasteiger partial charge in [0.05, 0.1) is 12.7 Å². The molecule has 5 heteroatoms. The molecule has 0 amide bonds. The molecule has 2 rings (SSSR count). The third-order valence-corrected chi connectivity index (χ3v) is 3.22. The lowest BCUT2D eigenvalue weighted by atomic mass is 10.0. The minimum atomic E-state index is 0. The van der Waals surface area contributed by atoms with Crippen molar-refractivity contribution in [3.05, 3.63) is 0 Å². The van der Waals surface area contributed by atoms with E-state index < -0.39 is 0 Å². The predicted molar refractivity (Wildman–Crippen MR) is 67.0 cm³/mol. The first kappa shape index (κ1) is 15.5. The maximum atomic E-state index is 5.92. The summed E-state index contributed by atoms with van der Waals surface area (Å²) in [5, 5.41) is 0. The molecule has 0 aliphatic carbocycles. The van der Waals surface area contributed by atoms with Crippen LogP contribution >= 0.6 is 24.8 Å². The highest BCUT2D eigenvalue weighted by molar-refractivity contribution is 5.85. The first-order valence-electron chi connectivity index (χ1n) is 5.28. The van der Waals surface area contributed by atoms with Gasteiger partial charge in [-0.15, -0.1) is 24.8 Å². The fourth-order valence-corrected chi connectivity index (χ4v) is 2.34. The second-order valence-electron chi connectivity index (χ2n) is 4.72. The molecule has 2 fully saturated rings. The zero-order valence-corrected chi connectivity index (χ0v) is 11.0. The van der Waals surface area contributed by atoms with Gasteiger partial charge in [0.15, 0.2) is 0 Å². The highest BCUT2D eigenvalue weighted by Gasteiger charge is 2.36. The van der Waals surface area contributed by atoms with Crippen molar-refractivity contribution in [3.63, 3.8) is 0 Å². The first-order chi connectivity index (χ1) is 6.16. The fourth-order valence-electron chi connectivity index (χ4n) is 2.34. The molecular weight excluding hydrogens is 235 g/mol. The molecule has 3 nitrogen and oxygen atoms in total. The molecule has 0 aromatic heterocycles. The van der Waals surface area contributed by atoms with Gasteiger partial charge < -0.3 is 10.5 Å². The third-order valence-electron chi connectivity index (χ3n) is 3.22. The number of hydrogen-bond donors (Lipinski definition) is 1. The van der Waals surface area contributed by atoms with Crippen LogP contribution < -0.4 is 5.73 Å². The topological polar surface area (TPSA) is 38.5 Å². The lowest BCUT2D eigenvalue weighted by Gasteiger charge is -2.36. The van der Waals surface area contributed by atoms with E-state index in [0.29, 0.717) is 24.1 Å². The van der Waals surface area contributed by atoms with Gasteiger partial charge in [0.1, 0.15) is 0 Å². The summed E-state index contributed by atoms with van der Waals surface area (Å²) in [5.41, 5.74) is 5.92. The first-order valence-corrected chi connectivity index (χ1v) is 5.28. The summed E-state index contributed by atoms with van der Waals surface area (Å²) < 4.78 is 5.80. The Bertz CT molecular complexity index is 192. The maximum absolute atomic E-state index is 5.92. The van der Waals surface area contributed by atoms with Gasteiger partial charge in [0.2, 0.25) is 0 Å². The smallest absolute Gasteiger partial charge is 0.0725 e. The second kappa shape index (κ2) is 6.26. The van der Waals surface area contributed by atoms with E-state index in [1.54, 1.807) is 0 Å². The van der Waals surface area contributed by atoms with Crippen molar-refractivity contribution < 1.29 is 4.74 Å². The molecule has 0 bridgehead atoms. The Kier molecular flexibility index (Phi) is 6.45. The molecule has 15 heavy (non-hydrogen) atoms. The predicted octanol–water partition coefficient (Wildman–Crippen LogP) is 1.29. The van der Waals surface area contributed by atoms with E-state index in [9.17, 15) is 0 Å². The average molecular weight is 257 g/mol. The van der Waals surface area contributed by atoms with E-state index in [0.717, 1.165) is 26.1 Å². The molecule has 0 aromatic rings. The fraction of sp³-hybridized carbons (Fsp3) is 1.00. The van der Waals surface area contributed by atoms with E-state index in [-0.39, 0.29) is 24.8 Å². The molecule has 2 N–H and O–H groups in total. The SMILES string of the molecule is CC(C)[C@@H]1CN2C[C@@H](N)C[C@H]2CO1.Cl.Cl. The average Bonchev–Trinajstić information content (AvgIpc) is 2.42. The molecule has 2 heterocycles. The summed E-state index contributed by atoms with van der Waals surface area (Å²) in [5.74, 6) is 0.623. The van der Waals surface area contributed by atoms with Crippen molar-refractivity contribution in [1.82, 2.24) is 4.90 Å². The van der Waals surface area contributed by atoms with E-state index in [1.807, 2.05) is 0 Å². The Balaban J connectivity index is 0.000000980. The molecule has 2 aliphatic rings. The van der Waals surface area contributed by atoms with Crippen LogP contribution in [0.1, 0.15) is 20.3 Å². The summed E-state index contributed by atoms with van der Waals surface area (Å²) in [6.45, 7) is 7.48. The highest BCUT2D eigenvalue weighted by Crippen LogP contribution is 2.24. The Hall–Kier alpha value is 0.460. The van der Waals surface area contributed by atoms with Gasteiger partial charge in [0, 0.05) is 25.2 Å². The lowest BCUT2D eigenvalue weighted by Crippen LogP contribution is -2.48. The molecular formula is C10H22Cl2N2O. The Morgan fingerprint density at radius 3 is 2.53 bits per heavy atom. The van der Waals surface area contributed by atoms with E-state index >= 15 is 0 Å². The quantitative estimate of drug-likeness (QED) is 0.769. The number of rotatable bonds is 1. The number of nitrogens with two attached hydrogens (primary N) is 1. The van der Waals surface area contributed by atoms with E-state index in [1.165, 1.54) is 0 Å². The number of hydrogen-bond acceptors (Lipinski definition) is 3. The summed E-state index contributed by atoms with van der Waals surface area (Å²) >= 11 is 0. The number of fused-ring (bicyclic) bond motifs is 1. The minimum Gasteiger partial charge on any atom is -0.375 e. The van der Waals surface area contributed by atoms with Crippen molar-refractivity contribution in [2.45, 2.75) is 38.5 Å². The van der Waals surface area contributed by atoms with Gasteiger partial charge in [-0.25, -0.2) is 0 Å². The Morgan fingerprint density at radius 1 is 1.27 bits per heavy atom. The van der Waals surface area contributed by atoms with Gasteiger partial charge in [-0.05, 0) is 12.3 Å². The van der Waals surface area contributed by atoms with Crippen molar-refractivity contribution in [2.75, 3.05) is 19.7 Å². The molecule has 3 atom stereocenters. The Labute approximate surface area is 105 Å². The molecule has 0 spiro atoms. The summed E-state index contributed by atoms with van der Waals surface area (Å²) in [6, 6.07) is 0.976. The monoisotopic (exact) mass is 256 g/mol. The summed E-state index contributed by atoms with van der Waals surface area (Å²) in [4.78, 5) is 2.50. The summed E-state index contributed by atoms with van der Waals surface area (Å²) in [7, 11) is 0. The number of morpholine rings is 1. The molecule has 92 valence electrons.